The van der Waals surface area contributed by atoms with E-state index in [9.17, 15) is 9.59 Å². The van der Waals surface area contributed by atoms with Crippen molar-refractivity contribution in [3.05, 3.63) is 29.3 Å². The third kappa shape index (κ3) is 5.61. The third-order valence-corrected chi connectivity index (χ3v) is 5.30. The smallest absolute Gasteiger partial charge is 0.410 e. The van der Waals surface area contributed by atoms with Gasteiger partial charge < -0.3 is 19.3 Å². The molecule has 0 N–H and O–H groups in total. The minimum absolute atomic E-state index is 0.168. The number of hydrogen-bond donors (Lipinski definition) is 0. The maximum Gasteiger partial charge on any atom is 0.410 e. The topological polar surface area (TPSA) is 59.1 Å². The van der Waals surface area contributed by atoms with Crippen LogP contribution in [0.1, 0.15) is 49.5 Å². The molecule has 6 nitrogen and oxygen atoms in total. The van der Waals surface area contributed by atoms with Gasteiger partial charge in [0.1, 0.15) is 5.60 Å². The van der Waals surface area contributed by atoms with Gasteiger partial charge in [0, 0.05) is 37.2 Å². The third-order valence-electron chi connectivity index (χ3n) is 4.70. The molecule has 27 heavy (non-hydrogen) atoms. The van der Waals surface area contributed by atoms with Crippen LogP contribution in [0.2, 0.25) is 0 Å². The zero-order valence-corrected chi connectivity index (χ0v) is 18.3. The molecule has 0 spiro atoms. The fraction of sp³-hybridized carbons (Fsp3) is 0.600. The first-order valence-electron chi connectivity index (χ1n) is 9.14. The van der Waals surface area contributed by atoms with Gasteiger partial charge in [-0.3, -0.25) is 0 Å². The lowest BCUT2D eigenvalue weighted by Gasteiger charge is -2.38. The number of halogens is 1. The van der Waals surface area contributed by atoms with Crippen LogP contribution in [0.4, 0.5) is 10.5 Å². The Kier molecular flexibility index (Phi) is 7.14. The second-order valence-corrected chi connectivity index (χ2v) is 8.34. The van der Waals surface area contributed by atoms with Crippen molar-refractivity contribution in [2.45, 2.75) is 50.6 Å². The summed E-state index contributed by atoms with van der Waals surface area (Å²) in [5.41, 5.74) is 2.08. The Bertz CT molecular complexity index is 679. The molecule has 1 saturated heterocycles. The van der Waals surface area contributed by atoms with Gasteiger partial charge in [-0.1, -0.05) is 15.9 Å². The fourth-order valence-corrected chi connectivity index (χ4v) is 3.65. The monoisotopic (exact) mass is 440 g/mol. The molecule has 0 aromatic heterocycles. The van der Waals surface area contributed by atoms with Crippen LogP contribution in [0.25, 0.3) is 0 Å². The quantitative estimate of drug-likeness (QED) is 0.518. The van der Waals surface area contributed by atoms with Crippen molar-refractivity contribution in [3.63, 3.8) is 0 Å². The molecule has 0 unspecified atom stereocenters. The van der Waals surface area contributed by atoms with E-state index in [1.807, 2.05) is 46.0 Å². The van der Waals surface area contributed by atoms with E-state index in [0.29, 0.717) is 10.9 Å². The molecule has 0 atom stereocenters. The van der Waals surface area contributed by atoms with Crippen LogP contribution in [0.15, 0.2) is 18.2 Å². The standard InChI is InChI=1S/C20H29BrN2O4/c1-20(2,3)27-19(25)22(4)15-8-10-23(11-9-15)16-6-7-17(18(24)26-5)14(12-16)13-21/h6-7,12,15H,8-11,13H2,1-5H3. The van der Waals surface area contributed by atoms with Crippen molar-refractivity contribution in [2.24, 2.45) is 0 Å². The summed E-state index contributed by atoms with van der Waals surface area (Å²) < 4.78 is 10.3. The number of amides is 1. The number of carbonyl (C=O) groups excluding carboxylic acids is 2. The zero-order chi connectivity index (χ0) is 20.2. The van der Waals surface area contributed by atoms with Gasteiger partial charge in [0.25, 0.3) is 0 Å². The van der Waals surface area contributed by atoms with Crippen LogP contribution in [0, 0.1) is 0 Å². The van der Waals surface area contributed by atoms with Crippen LogP contribution in [-0.4, -0.2) is 55.9 Å². The Morgan fingerprint density at radius 3 is 2.41 bits per heavy atom. The number of ether oxygens (including phenoxy) is 2. The fourth-order valence-electron chi connectivity index (χ4n) is 3.19. The van der Waals surface area contributed by atoms with E-state index in [2.05, 4.69) is 20.8 Å². The first kappa shape index (κ1) is 21.5. The minimum atomic E-state index is -0.487. The number of benzene rings is 1. The molecule has 7 heteroatoms. The Balaban J connectivity index is 2.01. The number of esters is 1. The Hall–Kier alpha value is -1.76. The maximum atomic E-state index is 12.3. The van der Waals surface area contributed by atoms with E-state index in [1.165, 1.54) is 7.11 Å². The van der Waals surface area contributed by atoms with Crippen molar-refractivity contribution in [1.29, 1.82) is 0 Å². The number of carbonyl (C=O) groups is 2. The Morgan fingerprint density at radius 1 is 1.26 bits per heavy atom. The predicted octanol–water partition coefficient (Wildman–Crippen LogP) is 4.20. The van der Waals surface area contributed by atoms with Crippen LogP contribution >= 0.6 is 15.9 Å². The highest BCUT2D eigenvalue weighted by molar-refractivity contribution is 9.08. The molecular formula is C20H29BrN2O4. The van der Waals surface area contributed by atoms with Crippen LogP contribution in [0.5, 0.6) is 0 Å². The van der Waals surface area contributed by atoms with Crippen molar-refractivity contribution >= 4 is 33.7 Å². The summed E-state index contributed by atoms with van der Waals surface area (Å²) in [5.74, 6) is -0.325. The molecule has 0 bridgehead atoms. The highest BCUT2D eigenvalue weighted by Gasteiger charge is 2.29. The average Bonchev–Trinajstić information content (AvgIpc) is 2.65. The van der Waals surface area contributed by atoms with Crippen LogP contribution in [0.3, 0.4) is 0 Å². The van der Waals surface area contributed by atoms with Gasteiger partial charge in [-0.2, -0.15) is 0 Å². The highest BCUT2D eigenvalue weighted by atomic mass is 79.9. The zero-order valence-electron chi connectivity index (χ0n) is 16.8. The van der Waals surface area contributed by atoms with E-state index in [4.69, 9.17) is 9.47 Å². The largest absolute Gasteiger partial charge is 0.465 e. The van der Waals surface area contributed by atoms with Gasteiger partial charge in [0.15, 0.2) is 0 Å². The highest BCUT2D eigenvalue weighted by Crippen LogP contribution is 2.26. The van der Waals surface area contributed by atoms with E-state index in [0.717, 1.165) is 37.2 Å². The van der Waals surface area contributed by atoms with E-state index in [-0.39, 0.29) is 18.1 Å². The van der Waals surface area contributed by atoms with Gasteiger partial charge in [-0.15, -0.1) is 0 Å². The van der Waals surface area contributed by atoms with Crippen molar-refractivity contribution in [3.8, 4) is 0 Å². The Labute approximate surface area is 169 Å². The molecule has 1 amide bonds. The summed E-state index contributed by atoms with van der Waals surface area (Å²) in [5, 5.41) is 0.586. The molecule has 0 saturated carbocycles. The first-order chi connectivity index (χ1) is 12.7. The summed E-state index contributed by atoms with van der Waals surface area (Å²) in [7, 11) is 3.20. The SMILES string of the molecule is COC(=O)c1ccc(N2CCC(N(C)C(=O)OC(C)(C)C)CC2)cc1CBr. The number of rotatable bonds is 4. The molecule has 1 aromatic carbocycles. The molecule has 1 heterocycles. The van der Waals surface area contributed by atoms with E-state index in [1.54, 1.807) is 4.90 Å². The lowest BCUT2D eigenvalue weighted by atomic mass is 10.0. The van der Waals surface area contributed by atoms with Crippen molar-refractivity contribution in [2.75, 3.05) is 32.1 Å². The Morgan fingerprint density at radius 2 is 1.89 bits per heavy atom. The number of anilines is 1. The summed E-state index contributed by atoms with van der Waals surface area (Å²) in [4.78, 5) is 28.1. The number of alkyl halides is 1. The van der Waals surface area contributed by atoms with Gasteiger partial charge in [0.05, 0.1) is 12.7 Å². The molecule has 1 aliphatic heterocycles. The molecule has 1 aromatic rings. The molecule has 1 fully saturated rings. The summed E-state index contributed by atoms with van der Waals surface area (Å²) in [6, 6.07) is 5.97. The van der Waals surface area contributed by atoms with E-state index >= 15 is 0 Å². The lowest BCUT2D eigenvalue weighted by Crippen LogP contribution is -2.47. The van der Waals surface area contributed by atoms with Crippen LogP contribution in [-0.2, 0) is 14.8 Å². The maximum absolute atomic E-state index is 12.3. The lowest BCUT2D eigenvalue weighted by molar-refractivity contribution is 0.0200. The van der Waals surface area contributed by atoms with Crippen molar-refractivity contribution in [1.82, 2.24) is 4.90 Å². The molecule has 150 valence electrons. The minimum Gasteiger partial charge on any atom is -0.465 e. The second kappa shape index (κ2) is 8.95. The number of methoxy groups -OCH3 is 1. The molecular weight excluding hydrogens is 412 g/mol. The van der Waals surface area contributed by atoms with Gasteiger partial charge in [-0.05, 0) is 57.4 Å². The number of nitrogens with zero attached hydrogens (tertiary/aromatic N) is 2. The predicted molar refractivity (Wildman–Crippen MR) is 110 cm³/mol. The molecule has 0 radical (unpaired) electrons. The average molecular weight is 441 g/mol. The number of piperidine rings is 1. The molecule has 1 aliphatic rings. The molecule has 2 rings (SSSR count). The second-order valence-electron chi connectivity index (χ2n) is 7.78. The van der Waals surface area contributed by atoms with Gasteiger partial charge in [-0.25, -0.2) is 9.59 Å². The van der Waals surface area contributed by atoms with Crippen LogP contribution < -0.4 is 4.90 Å². The van der Waals surface area contributed by atoms with Gasteiger partial charge >= 0.3 is 12.1 Å². The van der Waals surface area contributed by atoms with Crippen molar-refractivity contribution < 1.29 is 19.1 Å². The van der Waals surface area contributed by atoms with E-state index < -0.39 is 5.60 Å². The summed E-state index contributed by atoms with van der Waals surface area (Å²) in [6.07, 6.45) is 1.47. The number of hydrogen-bond acceptors (Lipinski definition) is 5. The summed E-state index contributed by atoms with van der Waals surface area (Å²) >= 11 is 3.45. The first-order valence-corrected chi connectivity index (χ1v) is 10.3. The van der Waals surface area contributed by atoms with Gasteiger partial charge in [0.2, 0.25) is 0 Å². The normalized spacial score (nSPS) is 15.4. The molecule has 0 aliphatic carbocycles. The summed E-state index contributed by atoms with van der Waals surface area (Å²) in [6.45, 7) is 7.32.